The first-order valence-corrected chi connectivity index (χ1v) is 11.2. The maximum atomic E-state index is 10.3. The van der Waals surface area contributed by atoms with Crippen molar-refractivity contribution < 1.29 is 9.84 Å². The van der Waals surface area contributed by atoms with Gasteiger partial charge in [0.15, 0.2) is 0 Å². The van der Waals surface area contributed by atoms with Crippen LogP contribution in [0.3, 0.4) is 0 Å². The van der Waals surface area contributed by atoms with Crippen molar-refractivity contribution in [3.63, 3.8) is 0 Å². The van der Waals surface area contributed by atoms with E-state index < -0.39 is 6.23 Å². The fourth-order valence-electron chi connectivity index (χ4n) is 4.38. The lowest BCUT2D eigenvalue weighted by atomic mass is 9.44. The van der Waals surface area contributed by atoms with Crippen LogP contribution in [0.25, 0.3) is 10.6 Å². The van der Waals surface area contributed by atoms with E-state index in [-0.39, 0.29) is 17.7 Å². The van der Waals surface area contributed by atoms with E-state index in [9.17, 15) is 5.11 Å². The number of hydrogen-bond acceptors (Lipinski definition) is 7. The maximum absolute atomic E-state index is 10.3. The quantitative estimate of drug-likeness (QED) is 0.425. The Morgan fingerprint density at radius 3 is 2.27 bits per heavy atom. The van der Waals surface area contributed by atoms with E-state index in [1.165, 1.54) is 11.3 Å². The molecular formula is C21H20Cl2N4O2S. The lowest BCUT2D eigenvalue weighted by molar-refractivity contribution is -0.101. The molecule has 9 heteroatoms. The number of ether oxygens (including phenoxy) is 1. The average molecular weight is 463 g/mol. The molecule has 3 fully saturated rings. The van der Waals surface area contributed by atoms with Gasteiger partial charge in [-0.2, -0.15) is 0 Å². The Morgan fingerprint density at radius 1 is 0.967 bits per heavy atom. The zero-order chi connectivity index (χ0) is 20.8. The second-order valence-electron chi connectivity index (χ2n) is 8.06. The first-order valence-electron chi connectivity index (χ1n) is 9.65. The molecule has 1 heterocycles. The lowest BCUT2D eigenvalue weighted by Gasteiger charge is -2.71. The summed E-state index contributed by atoms with van der Waals surface area (Å²) in [4.78, 5) is 0. The minimum absolute atomic E-state index is 0.0283. The summed E-state index contributed by atoms with van der Waals surface area (Å²) in [5, 5.41) is 28.8. The molecule has 2 bridgehead atoms. The fourth-order valence-corrected chi connectivity index (χ4v) is 5.50. The molecule has 0 amide bonds. The zero-order valence-corrected chi connectivity index (χ0v) is 18.3. The molecule has 1 atom stereocenters. The van der Waals surface area contributed by atoms with Crippen molar-refractivity contribution in [2.45, 2.75) is 36.6 Å². The van der Waals surface area contributed by atoms with Gasteiger partial charge in [0, 0.05) is 26.7 Å². The smallest absolute Gasteiger partial charge is 0.206 e. The molecule has 6 rings (SSSR count). The second-order valence-corrected chi connectivity index (χ2v) is 9.91. The van der Waals surface area contributed by atoms with Crippen LogP contribution < -0.4 is 15.4 Å². The molecule has 1 unspecified atom stereocenters. The number of nitrogens with zero attached hydrogens (tertiary/aromatic N) is 2. The summed E-state index contributed by atoms with van der Waals surface area (Å²) in [6.07, 6.45) is 2.09. The van der Waals surface area contributed by atoms with E-state index in [4.69, 9.17) is 27.9 Å². The number of halogens is 2. The third kappa shape index (κ3) is 4.00. The molecule has 6 nitrogen and oxygen atoms in total. The van der Waals surface area contributed by atoms with Crippen LogP contribution in [-0.2, 0) is 0 Å². The van der Waals surface area contributed by atoms with Gasteiger partial charge in [0.25, 0.3) is 0 Å². The summed E-state index contributed by atoms with van der Waals surface area (Å²) >= 11 is 13.4. The fraction of sp³-hybridized carbons (Fsp3) is 0.333. The summed E-state index contributed by atoms with van der Waals surface area (Å²) in [6, 6.07) is 14.7. The summed E-state index contributed by atoms with van der Waals surface area (Å²) < 4.78 is 5.62. The van der Waals surface area contributed by atoms with E-state index in [0.29, 0.717) is 15.8 Å². The van der Waals surface area contributed by atoms with Gasteiger partial charge in [-0.15, -0.1) is 10.2 Å². The number of aliphatic hydroxyl groups is 1. The van der Waals surface area contributed by atoms with Crippen LogP contribution in [0.1, 0.15) is 19.3 Å². The predicted octanol–water partition coefficient (Wildman–Crippen LogP) is 4.59. The Morgan fingerprint density at radius 2 is 1.60 bits per heavy atom. The van der Waals surface area contributed by atoms with Crippen LogP contribution in [0.4, 0.5) is 5.13 Å². The number of aromatic nitrogens is 2. The summed E-state index contributed by atoms with van der Waals surface area (Å²) in [7, 11) is 0. The van der Waals surface area contributed by atoms with Gasteiger partial charge in [-0.05, 0) is 55.7 Å². The molecule has 0 radical (unpaired) electrons. The van der Waals surface area contributed by atoms with Crippen molar-refractivity contribution >= 4 is 39.7 Å². The van der Waals surface area contributed by atoms with E-state index >= 15 is 0 Å². The largest absolute Gasteiger partial charge is 0.489 e. The Bertz CT molecular complexity index is 1020. The van der Waals surface area contributed by atoms with Crippen molar-refractivity contribution in [1.29, 1.82) is 0 Å². The Kier molecular flexibility index (Phi) is 5.11. The molecule has 0 spiro atoms. The molecular weight excluding hydrogens is 443 g/mol. The monoisotopic (exact) mass is 462 g/mol. The highest BCUT2D eigenvalue weighted by Crippen LogP contribution is 2.62. The number of aliphatic hydroxyl groups excluding tert-OH is 1. The third-order valence-electron chi connectivity index (χ3n) is 5.61. The van der Waals surface area contributed by atoms with Gasteiger partial charge >= 0.3 is 0 Å². The van der Waals surface area contributed by atoms with Crippen molar-refractivity contribution in [1.82, 2.24) is 15.5 Å². The van der Waals surface area contributed by atoms with Gasteiger partial charge in [-0.25, -0.2) is 0 Å². The third-order valence-corrected chi connectivity index (χ3v) is 7.00. The van der Waals surface area contributed by atoms with Gasteiger partial charge < -0.3 is 15.2 Å². The van der Waals surface area contributed by atoms with Crippen LogP contribution in [0.15, 0.2) is 48.5 Å². The van der Waals surface area contributed by atoms with Crippen LogP contribution >= 0.6 is 34.5 Å². The SMILES string of the molecule is OC(COc1ccc(Cl)cc1)NC12CC(Nc3nnc(-c4ccc(Cl)cc4)s3)(C1)C2. The van der Waals surface area contributed by atoms with Crippen LogP contribution in [-0.4, -0.2) is 39.2 Å². The highest BCUT2D eigenvalue weighted by Gasteiger charge is 2.68. The highest BCUT2D eigenvalue weighted by atomic mass is 35.5. The second kappa shape index (κ2) is 7.66. The Labute approximate surface area is 188 Å². The molecule has 3 saturated carbocycles. The van der Waals surface area contributed by atoms with Crippen LogP contribution in [0, 0.1) is 0 Å². The number of anilines is 1. The zero-order valence-electron chi connectivity index (χ0n) is 15.9. The van der Waals surface area contributed by atoms with E-state index in [2.05, 4.69) is 20.8 Å². The van der Waals surface area contributed by atoms with Gasteiger partial charge in [-0.3, -0.25) is 5.32 Å². The molecule has 2 aromatic carbocycles. The Balaban J connectivity index is 1.10. The molecule has 3 aliphatic carbocycles. The van der Waals surface area contributed by atoms with Gasteiger partial charge in [0.2, 0.25) is 5.13 Å². The summed E-state index contributed by atoms with van der Waals surface area (Å²) in [6.45, 7) is 0.185. The first kappa shape index (κ1) is 20.0. The average Bonchev–Trinajstić information content (AvgIpc) is 3.14. The first-order chi connectivity index (χ1) is 14.4. The summed E-state index contributed by atoms with van der Waals surface area (Å²) in [5.41, 5.74) is 1.02. The van der Waals surface area contributed by atoms with Crippen molar-refractivity contribution in [2.75, 3.05) is 11.9 Å². The molecule has 3 aliphatic rings. The van der Waals surface area contributed by atoms with Gasteiger partial charge in [0.1, 0.15) is 23.6 Å². The molecule has 0 saturated heterocycles. The number of nitrogens with one attached hydrogen (secondary N) is 2. The van der Waals surface area contributed by atoms with Crippen molar-refractivity contribution in [3.8, 4) is 16.3 Å². The van der Waals surface area contributed by atoms with Gasteiger partial charge in [-0.1, -0.05) is 46.7 Å². The molecule has 0 aliphatic heterocycles. The molecule has 156 valence electrons. The van der Waals surface area contributed by atoms with Crippen LogP contribution in [0.2, 0.25) is 10.0 Å². The van der Waals surface area contributed by atoms with E-state index in [1.54, 1.807) is 24.3 Å². The lowest BCUT2D eigenvalue weighted by Crippen LogP contribution is -2.82. The standard InChI is InChI=1S/C21H20Cl2N4O2S/c22-14-3-1-13(2-4-14)18-26-27-19(30-18)25-21-10-20(11-21,12-21)24-17(28)9-29-16-7-5-15(23)6-8-16/h1-8,17,24,28H,9-12H2,(H,25,27). The van der Waals surface area contributed by atoms with Gasteiger partial charge in [0.05, 0.1) is 0 Å². The minimum atomic E-state index is -0.725. The number of benzene rings is 2. The maximum Gasteiger partial charge on any atom is 0.206 e. The minimum Gasteiger partial charge on any atom is -0.489 e. The predicted molar refractivity (Wildman–Crippen MR) is 119 cm³/mol. The highest BCUT2D eigenvalue weighted by molar-refractivity contribution is 7.18. The van der Waals surface area contributed by atoms with Crippen LogP contribution in [0.5, 0.6) is 5.75 Å². The molecule has 1 aromatic heterocycles. The van der Waals surface area contributed by atoms with Crippen molar-refractivity contribution in [2.24, 2.45) is 0 Å². The Hall–Kier alpha value is -1.90. The number of hydrogen-bond donors (Lipinski definition) is 3. The topological polar surface area (TPSA) is 79.3 Å². The number of rotatable bonds is 8. The molecule has 3 N–H and O–H groups in total. The molecule has 3 aromatic rings. The normalized spacial score (nSPS) is 25.2. The van der Waals surface area contributed by atoms with E-state index in [1.807, 2.05) is 24.3 Å². The van der Waals surface area contributed by atoms with Crippen molar-refractivity contribution in [3.05, 3.63) is 58.6 Å². The summed E-state index contributed by atoms with van der Waals surface area (Å²) in [5.74, 6) is 0.684. The van der Waals surface area contributed by atoms with E-state index in [0.717, 1.165) is 35.0 Å². The molecule has 30 heavy (non-hydrogen) atoms.